The van der Waals surface area contributed by atoms with Gasteiger partial charge in [0.15, 0.2) is 0 Å². The van der Waals surface area contributed by atoms with Gasteiger partial charge in [0.2, 0.25) is 16.8 Å². The predicted molar refractivity (Wildman–Crippen MR) is 90.6 cm³/mol. The number of hydrogen-bond donors (Lipinski definition) is 1. The number of pyridine rings is 1. The van der Waals surface area contributed by atoms with Crippen LogP contribution in [0.4, 0.5) is 5.13 Å². The molecule has 1 unspecified atom stereocenters. The van der Waals surface area contributed by atoms with Crippen molar-refractivity contribution in [1.82, 2.24) is 24.5 Å². The molecule has 0 bridgehead atoms. The highest BCUT2D eigenvalue weighted by atomic mass is 32.1. The van der Waals surface area contributed by atoms with Crippen LogP contribution in [0.5, 0.6) is 0 Å². The van der Waals surface area contributed by atoms with Crippen LogP contribution in [0.1, 0.15) is 50.4 Å². The van der Waals surface area contributed by atoms with E-state index in [2.05, 4.69) is 43.6 Å². The smallest absolute Gasteiger partial charge is 0.249 e. The minimum absolute atomic E-state index is 0.104. The van der Waals surface area contributed by atoms with E-state index in [0.717, 1.165) is 16.5 Å². The number of hydrogen-bond acceptors (Lipinski definition) is 8. The first-order chi connectivity index (χ1) is 11.7. The lowest BCUT2D eigenvalue weighted by Gasteiger charge is -2.17. The van der Waals surface area contributed by atoms with Gasteiger partial charge in [0.05, 0.1) is 0 Å². The van der Waals surface area contributed by atoms with E-state index in [0.29, 0.717) is 17.6 Å². The maximum absolute atomic E-state index is 5.49. The monoisotopic (exact) mass is 342 g/mol. The van der Waals surface area contributed by atoms with Gasteiger partial charge in [-0.25, -0.2) is 4.98 Å². The van der Waals surface area contributed by atoms with E-state index < -0.39 is 0 Å². The summed E-state index contributed by atoms with van der Waals surface area (Å²) in [6.45, 7) is 4.22. The Morgan fingerprint density at radius 2 is 2.00 bits per heavy atom. The minimum atomic E-state index is -0.104. The molecule has 3 aromatic heterocycles. The molecule has 0 aromatic carbocycles. The Labute approximate surface area is 143 Å². The molecule has 1 fully saturated rings. The Kier molecular flexibility index (Phi) is 3.97. The number of nitrogens with zero attached hydrogens (tertiary/aromatic N) is 5. The molecule has 8 heteroatoms. The molecule has 4 rings (SSSR count). The molecule has 0 spiro atoms. The summed E-state index contributed by atoms with van der Waals surface area (Å²) >= 11 is 1.39. The van der Waals surface area contributed by atoms with E-state index >= 15 is 0 Å². The maximum Gasteiger partial charge on any atom is 0.249 e. The van der Waals surface area contributed by atoms with Crippen molar-refractivity contribution in [2.75, 3.05) is 5.32 Å². The minimum Gasteiger partial charge on any atom is -0.348 e. The highest BCUT2D eigenvalue weighted by Crippen LogP contribution is 2.39. The van der Waals surface area contributed by atoms with Crippen LogP contribution in [-0.4, -0.2) is 24.5 Å². The van der Waals surface area contributed by atoms with E-state index in [1.807, 2.05) is 12.1 Å². The average molecular weight is 342 g/mol. The Morgan fingerprint density at radius 1 is 1.21 bits per heavy atom. The van der Waals surface area contributed by atoms with Crippen molar-refractivity contribution in [1.29, 1.82) is 0 Å². The van der Waals surface area contributed by atoms with Crippen molar-refractivity contribution in [3.63, 3.8) is 0 Å². The van der Waals surface area contributed by atoms with Gasteiger partial charge in [-0.3, -0.25) is 4.98 Å². The fourth-order valence-electron chi connectivity index (χ4n) is 2.43. The molecular weight excluding hydrogens is 324 g/mol. The van der Waals surface area contributed by atoms with Gasteiger partial charge in [-0.1, -0.05) is 19.0 Å². The van der Waals surface area contributed by atoms with Crippen molar-refractivity contribution in [2.45, 2.75) is 38.6 Å². The van der Waals surface area contributed by atoms with Crippen molar-refractivity contribution in [3.05, 3.63) is 36.2 Å². The summed E-state index contributed by atoms with van der Waals surface area (Å²) in [7, 11) is 0. The van der Waals surface area contributed by atoms with Gasteiger partial charge in [0.25, 0.3) is 0 Å². The van der Waals surface area contributed by atoms with Crippen molar-refractivity contribution in [2.24, 2.45) is 5.92 Å². The normalized spacial score (nSPS) is 15.6. The molecule has 1 aliphatic rings. The van der Waals surface area contributed by atoms with E-state index in [9.17, 15) is 0 Å². The lowest BCUT2D eigenvalue weighted by atomic mass is 10.0. The summed E-state index contributed by atoms with van der Waals surface area (Å²) in [5.41, 5.74) is 0.884. The Bertz CT molecular complexity index is 811. The second-order valence-corrected chi connectivity index (χ2v) is 7.04. The van der Waals surface area contributed by atoms with E-state index in [-0.39, 0.29) is 12.0 Å². The van der Waals surface area contributed by atoms with Crippen LogP contribution in [0, 0.1) is 5.92 Å². The van der Waals surface area contributed by atoms with Crippen molar-refractivity contribution < 1.29 is 4.52 Å². The Hall–Kier alpha value is -2.35. The molecule has 0 saturated heterocycles. The molecule has 124 valence electrons. The van der Waals surface area contributed by atoms with Gasteiger partial charge in [-0.05, 0) is 30.9 Å². The van der Waals surface area contributed by atoms with Gasteiger partial charge in [0.1, 0.15) is 11.9 Å². The lowest BCUT2D eigenvalue weighted by molar-refractivity contribution is 0.336. The van der Waals surface area contributed by atoms with Crippen LogP contribution < -0.4 is 5.32 Å². The second-order valence-electron chi connectivity index (χ2n) is 6.29. The summed E-state index contributed by atoms with van der Waals surface area (Å²) in [6.07, 6.45) is 5.82. The second kappa shape index (κ2) is 6.27. The van der Waals surface area contributed by atoms with E-state index in [1.165, 1.54) is 24.4 Å². The molecule has 7 nitrogen and oxygen atoms in total. The molecule has 3 aromatic rings. The first-order valence-corrected chi connectivity index (χ1v) is 8.82. The zero-order valence-electron chi connectivity index (χ0n) is 13.5. The maximum atomic E-state index is 5.49. The van der Waals surface area contributed by atoms with Gasteiger partial charge in [-0.15, -0.1) is 0 Å². The molecule has 1 aliphatic carbocycles. The standard InChI is InChI=1S/C16H18N6OS/c1-9(2)12(18-16-20-14(22-24-16)10-3-4-10)15-19-13(21-23-15)11-5-7-17-8-6-11/h5-10,12H,3-4H2,1-2H3,(H,18,20,22). The molecule has 0 amide bonds. The fraction of sp³-hybridized carbons (Fsp3) is 0.438. The summed E-state index contributed by atoms with van der Waals surface area (Å²) in [4.78, 5) is 13.1. The Morgan fingerprint density at radius 3 is 2.71 bits per heavy atom. The molecule has 3 heterocycles. The molecule has 0 aliphatic heterocycles. The lowest BCUT2D eigenvalue weighted by Crippen LogP contribution is -2.17. The van der Waals surface area contributed by atoms with Crippen LogP contribution in [0.15, 0.2) is 29.0 Å². The van der Waals surface area contributed by atoms with E-state index in [1.54, 1.807) is 12.4 Å². The predicted octanol–water partition coefficient (Wildman–Crippen LogP) is 3.67. The SMILES string of the molecule is CC(C)C(Nc1nc(C2CC2)ns1)c1nc(-c2ccncc2)no1. The molecule has 0 radical (unpaired) electrons. The van der Waals surface area contributed by atoms with Crippen LogP contribution in [0.2, 0.25) is 0 Å². The van der Waals surface area contributed by atoms with Crippen molar-refractivity contribution in [3.8, 4) is 11.4 Å². The van der Waals surface area contributed by atoms with Gasteiger partial charge >= 0.3 is 0 Å². The summed E-state index contributed by atoms with van der Waals surface area (Å²) in [6, 6.07) is 3.62. The number of aromatic nitrogens is 5. The molecule has 1 saturated carbocycles. The molecule has 24 heavy (non-hydrogen) atoms. The number of rotatable bonds is 6. The van der Waals surface area contributed by atoms with Crippen LogP contribution in [-0.2, 0) is 0 Å². The quantitative estimate of drug-likeness (QED) is 0.731. The number of nitrogens with one attached hydrogen (secondary N) is 1. The first-order valence-electron chi connectivity index (χ1n) is 8.05. The topological polar surface area (TPSA) is 89.6 Å². The third-order valence-electron chi connectivity index (χ3n) is 3.98. The van der Waals surface area contributed by atoms with Crippen LogP contribution in [0.25, 0.3) is 11.4 Å². The van der Waals surface area contributed by atoms with Gasteiger partial charge in [-0.2, -0.15) is 9.36 Å². The van der Waals surface area contributed by atoms with E-state index in [4.69, 9.17) is 4.52 Å². The zero-order valence-corrected chi connectivity index (χ0v) is 14.3. The van der Waals surface area contributed by atoms with Crippen LogP contribution >= 0.6 is 11.5 Å². The highest BCUT2D eigenvalue weighted by molar-refractivity contribution is 7.09. The summed E-state index contributed by atoms with van der Waals surface area (Å²) in [5.74, 6) is 2.89. The number of anilines is 1. The fourth-order valence-corrected chi connectivity index (χ4v) is 3.11. The Balaban J connectivity index is 1.55. The van der Waals surface area contributed by atoms with Crippen molar-refractivity contribution >= 4 is 16.7 Å². The largest absolute Gasteiger partial charge is 0.348 e. The highest BCUT2D eigenvalue weighted by Gasteiger charge is 2.29. The summed E-state index contributed by atoms with van der Waals surface area (Å²) < 4.78 is 9.93. The molecule has 1 atom stereocenters. The zero-order chi connectivity index (χ0) is 16.5. The molecular formula is C16H18N6OS. The summed E-state index contributed by atoms with van der Waals surface area (Å²) in [5, 5.41) is 8.29. The van der Waals surface area contributed by atoms with Gasteiger partial charge in [0, 0.05) is 35.4 Å². The third-order valence-corrected chi connectivity index (χ3v) is 4.64. The van der Waals surface area contributed by atoms with Gasteiger partial charge < -0.3 is 9.84 Å². The molecule has 1 N–H and O–H groups in total. The first kappa shape index (κ1) is 15.2. The average Bonchev–Trinajstić information content (AvgIpc) is 3.15. The third kappa shape index (κ3) is 3.14. The van der Waals surface area contributed by atoms with Crippen LogP contribution in [0.3, 0.4) is 0 Å².